The minimum atomic E-state index is -4.57. The van der Waals surface area contributed by atoms with Crippen molar-refractivity contribution in [1.29, 1.82) is 0 Å². The van der Waals surface area contributed by atoms with Crippen molar-refractivity contribution in [1.82, 2.24) is 19.7 Å². The quantitative estimate of drug-likeness (QED) is 0.246. The van der Waals surface area contributed by atoms with Gasteiger partial charge in [-0.2, -0.15) is 13.2 Å². The van der Waals surface area contributed by atoms with E-state index in [4.69, 9.17) is 4.42 Å². The monoisotopic (exact) mass is 490 g/mol. The Kier molecular flexibility index (Phi) is 7.01. The van der Waals surface area contributed by atoms with E-state index in [1.165, 1.54) is 24.5 Å². The molecule has 0 radical (unpaired) electrons. The summed E-state index contributed by atoms with van der Waals surface area (Å²) in [4.78, 5) is 13.4. The Hall–Kier alpha value is -3.60. The summed E-state index contributed by atoms with van der Waals surface area (Å²) in [6.07, 6.45) is -3.25. The predicted molar refractivity (Wildman–Crippen MR) is 118 cm³/mol. The van der Waals surface area contributed by atoms with Crippen molar-refractivity contribution in [2.75, 3.05) is 12.3 Å². The van der Waals surface area contributed by atoms with Gasteiger partial charge in [-0.05, 0) is 36.4 Å². The molecular weight excluding hydrogens is 472 g/mol. The normalized spacial score (nSPS) is 11.5. The molecule has 0 fully saturated rings. The maximum absolute atomic E-state index is 14.5. The average molecular weight is 490 g/mol. The van der Waals surface area contributed by atoms with Gasteiger partial charge in [0.05, 0.1) is 24.1 Å². The molecule has 176 valence electrons. The molecule has 4 rings (SSSR count). The molecule has 0 aliphatic carbocycles. The van der Waals surface area contributed by atoms with Crippen LogP contribution in [0.25, 0.3) is 17.1 Å². The van der Waals surface area contributed by atoms with Crippen LogP contribution in [0.5, 0.6) is 0 Å². The maximum atomic E-state index is 14.5. The van der Waals surface area contributed by atoms with E-state index in [0.29, 0.717) is 10.6 Å². The van der Waals surface area contributed by atoms with Gasteiger partial charge in [-0.3, -0.25) is 9.36 Å². The highest BCUT2D eigenvalue weighted by Gasteiger charge is 2.33. The van der Waals surface area contributed by atoms with Crippen LogP contribution in [-0.4, -0.2) is 44.0 Å². The molecule has 0 N–H and O–H groups in total. The summed E-state index contributed by atoms with van der Waals surface area (Å²) in [5.74, 6) is -1.15. The molecule has 2 aromatic heterocycles. The molecule has 0 bridgehead atoms. The number of hydrogen-bond donors (Lipinski definition) is 0. The van der Waals surface area contributed by atoms with E-state index in [1.54, 1.807) is 53.1 Å². The molecule has 0 spiro atoms. The molecule has 0 aliphatic rings. The fraction of sp³-hybridized carbons (Fsp3) is 0.174. The van der Waals surface area contributed by atoms with Gasteiger partial charge in [-0.25, -0.2) is 4.39 Å². The number of thioether (sulfide) groups is 1. The lowest BCUT2D eigenvalue weighted by Gasteiger charge is -2.23. The van der Waals surface area contributed by atoms with Gasteiger partial charge >= 0.3 is 6.18 Å². The molecule has 1 amide bonds. The van der Waals surface area contributed by atoms with Crippen LogP contribution in [0, 0.1) is 5.82 Å². The van der Waals surface area contributed by atoms with E-state index < -0.39 is 24.4 Å². The Labute approximate surface area is 196 Å². The SMILES string of the molecule is O=C(CSc1nnc(-c2ccccc2F)n1-c1ccccc1)N(Cc1ccco1)CC(F)(F)F. The zero-order valence-corrected chi connectivity index (χ0v) is 18.4. The van der Waals surface area contributed by atoms with E-state index in [9.17, 15) is 22.4 Å². The Bertz CT molecular complexity index is 1240. The van der Waals surface area contributed by atoms with Crippen molar-refractivity contribution in [2.45, 2.75) is 17.9 Å². The Balaban J connectivity index is 1.61. The highest BCUT2D eigenvalue weighted by atomic mass is 32.2. The number of carbonyl (C=O) groups excluding carboxylic acids is 1. The van der Waals surface area contributed by atoms with Crippen molar-refractivity contribution < 1.29 is 26.8 Å². The van der Waals surface area contributed by atoms with Gasteiger partial charge in [0.15, 0.2) is 11.0 Å². The van der Waals surface area contributed by atoms with Crippen molar-refractivity contribution >= 4 is 17.7 Å². The minimum Gasteiger partial charge on any atom is -0.467 e. The van der Waals surface area contributed by atoms with Crippen LogP contribution in [0.4, 0.5) is 17.6 Å². The fourth-order valence-electron chi connectivity index (χ4n) is 3.25. The lowest BCUT2D eigenvalue weighted by atomic mass is 10.2. The van der Waals surface area contributed by atoms with E-state index in [0.717, 1.165) is 11.8 Å². The number of nitrogens with zero attached hydrogens (tertiary/aromatic N) is 4. The Morgan fingerprint density at radius 1 is 1.00 bits per heavy atom. The predicted octanol–water partition coefficient (Wildman–Crippen LogP) is 5.35. The summed E-state index contributed by atoms with van der Waals surface area (Å²) < 4.78 is 60.4. The first-order valence-electron chi connectivity index (χ1n) is 10.1. The van der Waals surface area contributed by atoms with Gasteiger partial charge in [0.25, 0.3) is 0 Å². The zero-order valence-electron chi connectivity index (χ0n) is 17.6. The molecule has 0 saturated carbocycles. The first-order valence-corrected chi connectivity index (χ1v) is 11.1. The van der Waals surface area contributed by atoms with Crippen LogP contribution in [-0.2, 0) is 11.3 Å². The van der Waals surface area contributed by atoms with Crippen LogP contribution < -0.4 is 0 Å². The number of carbonyl (C=O) groups is 1. The van der Waals surface area contributed by atoms with Crippen LogP contribution in [0.15, 0.2) is 82.6 Å². The van der Waals surface area contributed by atoms with Crippen LogP contribution >= 0.6 is 11.8 Å². The Morgan fingerprint density at radius 3 is 2.41 bits per heavy atom. The second-order valence-corrected chi connectivity index (χ2v) is 8.13. The number of alkyl halides is 3. The number of benzene rings is 2. The molecule has 6 nitrogen and oxygen atoms in total. The number of para-hydroxylation sites is 1. The van der Waals surface area contributed by atoms with E-state index >= 15 is 0 Å². The number of halogens is 4. The average Bonchev–Trinajstić information content (AvgIpc) is 3.47. The number of hydrogen-bond acceptors (Lipinski definition) is 5. The maximum Gasteiger partial charge on any atom is 0.406 e. The topological polar surface area (TPSA) is 64.2 Å². The number of amides is 1. The highest BCUT2D eigenvalue weighted by molar-refractivity contribution is 7.99. The molecule has 2 heterocycles. The summed E-state index contributed by atoms with van der Waals surface area (Å²) in [7, 11) is 0. The van der Waals surface area contributed by atoms with Crippen molar-refractivity contribution in [3.05, 3.63) is 84.6 Å². The third-order valence-corrected chi connectivity index (χ3v) is 5.65. The van der Waals surface area contributed by atoms with Crippen LogP contribution in [0.3, 0.4) is 0 Å². The summed E-state index contributed by atoms with van der Waals surface area (Å²) in [5.41, 5.74) is 0.817. The lowest BCUT2D eigenvalue weighted by molar-refractivity contribution is -0.161. The van der Waals surface area contributed by atoms with Crippen LogP contribution in [0.1, 0.15) is 5.76 Å². The molecule has 2 aromatic carbocycles. The van der Waals surface area contributed by atoms with Crippen LogP contribution in [0.2, 0.25) is 0 Å². The molecule has 0 atom stereocenters. The van der Waals surface area contributed by atoms with Crippen molar-refractivity contribution in [3.63, 3.8) is 0 Å². The standard InChI is InChI=1S/C23H18F4N4O2S/c24-19-11-5-4-10-18(19)21-28-29-22(31(21)16-7-2-1-3-8-16)34-14-20(32)30(15-23(25,26)27)13-17-9-6-12-33-17/h1-12H,13-15H2. The summed E-state index contributed by atoms with van der Waals surface area (Å²) >= 11 is 0.916. The van der Waals surface area contributed by atoms with Gasteiger partial charge < -0.3 is 9.32 Å². The summed E-state index contributed by atoms with van der Waals surface area (Å²) in [6, 6.07) is 17.9. The largest absolute Gasteiger partial charge is 0.467 e. The van der Waals surface area contributed by atoms with E-state index in [2.05, 4.69) is 10.2 Å². The van der Waals surface area contributed by atoms with Crippen molar-refractivity contribution in [2.24, 2.45) is 0 Å². The Morgan fingerprint density at radius 2 is 1.74 bits per heavy atom. The molecule has 0 unspecified atom stereocenters. The molecule has 34 heavy (non-hydrogen) atoms. The molecule has 11 heteroatoms. The number of rotatable bonds is 8. The second-order valence-electron chi connectivity index (χ2n) is 7.19. The first kappa shape index (κ1) is 23.6. The van der Waals surface area contributed by atoms with Gasteiger partial charge in [0.1, 0.15) is 18.1 Å². The van der Waals surface area contributed by atoms with Gasteiger partial charge in [0.2, 0.25) is 5.91 Å². The number of furan rings is 1. The third kappa shape index (κ3) is 5.66. The minimum absolute atomic E-state index is 0.202. The molecule has 0 aliphatic heterocycles. The highest BCUT2D eigenvalue weighted by Crippen LogP contribution is 2.30. The van der Waals surface area contributed by atoms with Gasteiger partial charge in [0, 0.05) is 5.69 Å². The number of aromatic nitrogens is 3. The summed E-state index contributed by atoms with van der Waals surface area (Å²) in [5, 5.41) is 8.43. The summed E-state index contributed by atoms with van der Waals surface area (Å²) in [6.45, 7) is -1.74. The molecular formula is C23H18F4N4O2S. The van der Waals surface area contributed by atoms with Gasteiger partial charge in [-0.1, -0.05) is 42.1 Å². The molecule has 4 aromatic rings. The van der Waals surface area contributed by atoms with Gasteiger partial charge in [-0.15, -0.1) is 10.2 Å². The fourth-order valence-corrected chi connectivity index (χ4v) is 4.10. The third-order valence-electron chi connectivity index (χ3n) is 4.74. The van der Waals surface area contributed by atoms with E-state index in [1.807, 2.05) is 0 Å². The lowest BCUT2D eigenvalue weighted by Crippen LogP contribution is -2.39. The van der Waals surface area contributed by atoms with Crippen molar-refractivity contribution in [3.8, 4) is 17.1 Å². The second kappa shape index (κ2) is 10.1. The zero-order chi connectivity index (χ0) is 24.1. The smallest absolute Gasteiger partial charge is 0.406 e. The van der Waals surface area contributed by atoms with E-state index in [-0.39, 0.29) is 34.6 Å². The first-order chi connectivity index (χ1) is 16.3. The molecule has 0 saturated heterocycles.